The highest BCUT2D eigenvalue weighted by Gasteiger charge is 2.19. The van der Waals surface area contributed by atoms with Crippen molar-refractivity contribution in [1.29, 1.82) is 0 Å². The summed E-state index contributed by atoms with van der Waals surface area (Å²) < 4.78 is 10.4. The normalized spacial score (nSPS) is 11.5. The molecule has 0 aromatic heterocycles. The van der Waals surface area contributed by atoms with Gasteiger partial charge in [0.25, 0.3) is 11.8 Å². The average Bonchev–Trinajstić information content (AvgIpc) is 2.72. The number of carbonyl (C=O) groups excluding carboxylic acids is 3. The monoisotopic (exact) mass is 392 g/mol. The third-order valence-electron chi connectivity index (χ3n) is 4.17. The van der Waals surface area contributed by atoms with E-state index in [-0.39, 0.29) is 12.2 Å². The summed E-state index contributed by atoms with van der Waals surface area (Å²) in [5, 5.41) is 4.69. The Balaban J connectivity index is 1.61. The lowest BCUT2D eigenvalue weighted by Crippen LogP contribution is -2.30. The molecule has 0 aliphatic heterocycles. The number of amides is 2. The smallest absolute Gasteiger partial charge is 0.338 e. The number of esters is 1. The molecule has 1 atom stereocenters. The van der Waals surface area contributed by atoms with Crippen LogP contribution >= 0.6 is 0 Å². The van der Waals surface area contributed by atoms with Crippen LogP contribution in [0.1, 0.15) is 17.3 Å². The number of benzene rings is 3. The van der Waals surface area contributed by atoms with E-state index in [0.29, 0.717) is 11.4 Å². The molecule has 0 unspecified atom stereocenters. The van der Waals surface area contributed by atoms with Crippen LogP contribution in [0.3, 0.4) is 0 Å². The van der Waals surface area contributed by atoms with Crippen LogP contribution in [-0.2, 0) is 14.3 Å². The van der Waals surface area contributed by atoms with E-state index in [2.05, 4.69) is 5.32 Å². The summed E-state index contributed by atoms with van der Waals surface area (Å²) in [6, 6.07) is 19.2. The standard InChI is InChI=1S/C22H20N2O5/c1-14(21(26)24-19-8-4-6-15-5-2-3-7-18(15)19)29-22(27)16-9-11-17(12-10-16)28-13-20(23)25/h2-12,14H,13H2,1H3,(H2,23,25)(H,24,26)/t14-/m0/s1. The molecular formula is C22H20N2O5. The van der Waals surface area contributed by atoms with Crippen molar-refractivity contribution in [2.45, 2.75) is 13.0 Å². The summed E-state index contributed by atoms with van der Waals surface area (Å²) in [4.78, 5) is 35.5. The molecule has 3 N–H and O–H groups in total. The number of ether oxygens (including phenoxy) is 2. The van der Waals surface area contributed by atoms with E-state index in [9.17, 15) is 14.4 Å². The molecule has 148 valence electrons. The summed E-state index contributed by atoms with van der Waals surface area (Å²) >= 11 is 0. The van der Waals surface area contributed by atoms with Gasteiger partial charge in [0.1, 0.15) is 5.75 Å². The molecule has 3 aromatic carbocycles. The fourth-order valence-corrected chi connectivity index (χ4v) is 2.69. The van der Waals surface area contributed by atoms with Crippen LogP contribution in [0, 0.1) is 0 Å². The third kappa shape index (κ3) is 5.10. The lowest BCUT2D eigenvalue weighted by atomic mass is 10.1. The van der Waals surface area contributed by atoms with Crippen molar-refractivity contribution in [2.75, 3.05) is 11.9 Å². The quantitative estimate of drug-likeness (QED) is 0.601. The minimum atomic E-state index is -0.993. The summed E-state index contributed by atoms with van der Waals surface area (Å²) in [7, 11) is 0. The van der Waals surface area contributed by atoms with Gasteiger partial charge in [0, 0.05) is 11.1 Å². The van der Waals surface area contributed by atoms with Crippen molar-refractivity contribution in [2.24, 2.45) is 5.73 Å². The van der Waals surface area contributed by atoms with Gasteiger partial charge in [0.05, 0.1) is 5.56 Å². The van der Waals surface area contributed by atoms with Gasteiger partial charge < -0.3 is 20.5 Å². The lowest BCUT2D eigenvalue weighted by molar-refractivity contribution is -0.123. The molecule has 3 rings (SSSR count). The second kappa shape index (κ2) is 8.88. The number of primary amides is 1. The van der Waals surface area contributed by atoms with Crippen molar-refractivity contribution in [3.63, 3.8) is 0 Å². The maximum absolute atomic E-state index is 12.5. The van der Waals surface area contributed by atoms with E-state index in [1.54, 1.807) is 6.07 Å². The highest BCUT2D eigenvalue weighted by molar-refractivity contribution is 6.04. The molecule has 0 saturated heterocycles. The number of hydrogen-bond donors (Lipinski definition) is 2. The number of nitrogens with two attached hydrogens (primary N) is 1. The minimum absolute atomic E-state index is 0.251. The first-order chi connectivity index (χ1) is 13.9. The zero-order valence-corrected chi connectivity index (χ0v) is 15.8. The molecule has 29 heavy (non-hydrogen) atoms. The predicted octanol–water partition coefficient (Wildman–Crippen LogP) is 2.89. The molecule has 2 amide bonds. The van der Waals surface area contributed by atoms with Crippen molar-refractivity contribution >= 4 is 34.2 Å². The van der Waals surface area contributed by atoms with Gasteiger partial charge in [-0.1, -0.05) is 36.4 Å². The van der Waals surface area contributed by atoms with Gasteiger partial charge in [-0.15, -0.1) is 0 Å². The zero-order chi connectivity index (χ0) is 20.8. The number of nitrogens with one attached hydrogen (secondary N) is 1. The summed E-state index contributed by atoms with van der Waals surface area (Å²) in [6.07, 6.45) is -0.993. The molecule has 7 nitrogen and oxygen atoms in total. The molecule has 0 fully saturated rings. The van der Waals surface area contributed by atoms with Gasteiger partial charge in [-0.05, 0) is 42.6 Å². The highest BCUT2D eigenvalue weighted by Crippen LogP contribution is 2.23. The highest BCUT2D eigenvalue weighted by atomic mass is 16.5. The maximum atomic E-state index is 12.5. The average molecular weight is 392 g/mol. The molecule has 0 radical (unpaired) electrons. The number of anilines is 1. The van der Waals surface area contributed by atoms with Crippen LogP contribution in [-0.4, -0.2) is 30.5 Å². The molecule has 3 aromatic rings. The fourth-order valence-electron chi connectivity index (χ4n) is 2.69. The van der Waals surface area contributed by atoms with Crippen LogP contribution in [0.5, 0.6) is 5.75 Å². The van der Waals surface area contributed by atoms with Crippen LogP contribution in [0.2, 0.25) is 0 Å². The first kappa shape index (κ1) is 19.9. The number of hydrogen-bond acceptors (Lipinski definition) is 5. The number of carbonyl (C=O) groups is 3. The molecule has 0 aliphatic carbocycles. The van der Waals surface area contributed by atoms with Gasteiger partial charge in [-0.3, -0.25) is 9.59 Å². The van der Waals surface area contributed by atoms with E-state index in [1.807, 2.05) is 36.4 Å². The summed E-state index contributed by atoms with van der Waals surface area (Å²) in [6.45, 7) is 1.25. The minimum Gasteiger partial charge on any atom is -0.484 e. The topological polar surface area (TPSA) is 108 Å². The Morgan fingerprint density at radius 3 is 2.38 bits per heavy atom. The van der Waals surface area contributed by atoms with E-state index in [4.69, 9.17) is 15.2 Å². The molecule has 0 bridgehead atoms. The van der Waals surface area contributed by atoms with Gasteiger partial charge in [-0.25, -0.2) is 4.79 Å². The molecular weight excluding hydrogens is 372 g/mol. The molecule has 0 spiro atoms. The van der Waals surface area contributed by atoms with Gasteiger partial charge in [-0.2, -0.15) is 0 Å². The van der Waals surface area contributed by atoms with Crippen LogP contribution in [0.25, 0.3) is 10.8 Å². The fraction of sp³-hybridized carbons (Fsp3) is 0.136. The van der Waals surface area contributed by atoms with E-state index in [0.717, 1.165) is 10.8 Å². The van der Waals surface area contributed by atoms with Crippen molar-refractivity contribution in [3.8, 4) is 5.75 Å². The van der Waals surface area contributed by atoms with Crippen molar-refractivity contribution in [1.82, 2.24) is 0 Å². The Morgan fingerprint density at radius 1 is 0.966 bits per heavy atom. The SMILES string of the molecule is C[C@H](OC(=O)c1ccc(OCC(N)=O)cc1)C(=O)Nc1cccc2ccccc12. The number of fused-ring (bicyclic) bond motifs is 1. The molecule has 0 saturated carbocycles. The lowest BCUT2D eigenvalue weighted by Gasteiger charge is -2.15. The van der Waals surface area contributed by atoms with Gasteiger partial charge >= 0.3 is 5.97 Å². The largest absolute Gasteiger partial charge is 0.484 e. The Bertz CT molecular complexity index is 1040. The summed E-state index contributed by atoms with van der Waals surface area (Å²) in [5.41, 5.74) is 5.91. The second-order valence-electron chi connectivity index (χ2n) is 6.34. The van der Waals surface area contributed by atoms with Crippen LogP contribution in [0.4, 0.5) is 5.69 Å². The Morgan fingerprint density at radius 2 is 1.66 bits per heavy atom. The van der Waals surface area contributed by atoms with Gasteiger partial charge in [0.2, 0.25) is 0 Å². The van der Waals surface area contributed by atoms with Crippen molar-refractivity contribution < 1.29 is 23.9 Å². The molecule has 7 heteroatoms. The second-order valence-corrected chi connectivity index (χ2v) is 6.34. The molecule has 0 aliphatic rings. The van der Waals surface area contributed by atoms with Crippen LogP contribution < -0.4 is 15.8 Å². The van der Waals surface area contributed by atoms with E-state index >= 15 is 0 Å². The van der Waals surface area contributed by atoms with E-state index < -0.39 is 23.9 Å². The van der Waals surface area contributed by atoms with Crippen molar-refractivity contribution in [3.05, 3.63) is 72.3 Å². The number of rotatable bonds is 7. The van der Waals surface area contributed by atoms with Crippen LogP contribution in [0.15, 0.2) is 66.7 Å². The van der Waals surface area contributed by atoms with Gasteiger partial charge in [0.15, 0.2) is 12.7 Å². The Kier molecular flexibility index (Phi) is 6.09. The van der Waals surface area contributed by atoms with E-state index in [1.165, 1.54) is 31.2 Å². The first-order valence-electron chi connectivity index (χ1n) is 8.95. The predicted molar refractivity (Wildman–Crippen MR) is 109 cm³/mol. The zero-order valence-electron chi connectivity index (χ0n) is 15.8. The first-order valence-corrected chi connectivity index (χ1v) is 8.95. The Labute approximate surface area is 167 Å². The Hall–Kier alpha value is -3.87. The maximum Gasteiger partial charge on any atom is 0.338 e. The third-order valence-corrected chi connectivity index (χ3v) is 4.17. The summed E-state index contributed by atoms with van der Waals surface area (Å²) in [5.74, 6) is -1.29. The molecule has 0 heterocycles.